The quantitative estimate of drug-likeness (QED) is 0.608. The van der Waals surface area contributed by atoms with E-state index in [4.69, 9.17) is 5.11 Å². The van der Waals surface area contributed by atoms with Crippen LogP contribution in [0.1, 0.15) is 29.7 Å². The Morgan fingerprint density at radius 1 is 1.11 bits per heavy atom. The van der Waals surface area contributed by atoms with Crippen molar-refractivity contribution in [2.45, 2.75) is 32.0 Å². The summed E-state index contributed by atoms with van der Waals surface area (Å²) in [6.45, 7) is -0.192. The van der Waals surface area contributed by atoms with E-state index < -0.39 is 29.3 Å². The Balaban J connectivity index is 2.04. The minimum atomic E-state index is -4.56. The van der Waals surface area contributed by atoms with Crippen molar-refractivity contribution in [1.82, 2.24) is 9.78 Å². The van der Waals surface area contributed by atoms with Crippen LogP contribution in [-0.4, -0.2) is 20.9 Å². The number of nitrogens with zero attached hydrogens (tertiary/aromatic N) is 2. The molecule has 0 amide bonds. The van der Waals surface area contributed by atoms with Crippen molar-refractivity contribution in [3.05, 3.63) is 64.9 Å². The third-order valence-corrected chi connectivity index (χ3v) is 4.29. The Kier molecular flexibility index (Phi) is 5.35. The van der Waals surface area contributed by atoms with E-state index in [1.807, 2.05) is 0 Å². The summed E-state index contributed by atoms with van der Waals surface area (Å²) in [6, 6.07) is 6.07. The van der Waals surface area contributed by atoms with E-state index in [0.29, 0.717) is 17.1 Å². The van der Waals surface area contributed by atoms with Gasteiger partial charge in [0.15, 0.2) is 0 Å². The van der Waals surface area contributed by atoms with Gasteiger partial charge in [0.05, 0.1) is 23.3 Å². The second-order valence-electron chi connectivity index (χ2n) is 6.32. The first-order valence-corrected chi connectivity index (χ1v) is 8.37. The van der Waals surface area contributed by atoms with Gasteiger partial charge in [0.2, 0.25) is 0 Å². The van der Waals surface area contributed by atoms with Gasteiger partial charge in [0.25, 0.3) is 0 Å². The lowest BCUT2D eigenvalue weighted by Gasteiger charge is -2.09. The summed E-state index contributed by atoms with van der Waals surface area (Å²) in [5, 5.41) is 13.5. The first-order chi connectivity index (χ1) is 13.1. The van der Waals surface area contributed by atoms with Crippen molar-refractivity contribution in [2.24, 2.45) is 0 Å². The number of aromatic nitrogens is 2. The van der Waals surface area contributed by atoms with Crippen LogP contribution in [0.15, 0.2) is 36.4 Å². The molecule has 0 radical (unpaired) electrons. The molecule has 1 aromatic heterocycles. The number of aryl methyl sites for hydroxylation is 1. The summed E-state index contributed by atoms with van der Waals surface area (Å²) in [5.74, 6) is -2.58. The van der Waals surface area contributed by atoms with Crippen LogP contribution in [0.4, 0.5) is 22.0 Å². The van der Waals surface area contributed by atoms with Gasteiger partial charge in [0, 0.05) is 23.4 Å². The van der Waals surface area contributed by atoms with Crippen molar-refractivity contribution in [2.75, 3.05) is 0 Å². The fourth-order valence-electron chi connectivity index (χ4n) is 2.94. The summed E-state index contributed by atoms with van der Waals surface area (Å²) < 4.78 is 67.5. The lowest BCUT2D eigenvalue weighted by Crippen LogP contribution is -2.07. The third kappa shape index (κ3) is 4.29. The predicted octanol–water partition coefficient (Wildman–Crippen LogP) is 4.79. The molecule has 1 N–H and O–H groups in total. The molecule has 2 aromatic carbocycles. The zero-order valence-electron chi connectivity index (χ0n) is 14.4. The van der Waals surface area contributed by atoms with E-state index in [9.17, 15) is 26.7 Å². The largest absolute Gasteiger partial charge is 0.481 e. The second-order valence-corrected chi connectivity index (χ2v) is 6.32. The molecule has 0 saturated carbocycles. The molecule has 3 aromatic rings. The predicted molar refractivity (Wildman–Crippen MR) is 90.8 cm³/mol. The number of benzene rings is 2. The maximum atomic E-state index is 14.0. The number of fused-ring (bicyclic) bond motifs is 1. The molecule has 0 spiro atoms. The van der Waals surface area contributed by atoms with Crippen molar-refractivity contribution in [3.8, 4) is 0 Å². The van der Waals surface area contributed by atoms with Gasteiger partial charge in [-0.3, -0.25) is 9.48 Å². The molecule has 0 aliphatic heterocycles. The minimum absolute atomic E-state index is 0.0697. The molecule has 0 aliphatic rings. The molecular formula is C19H15F5N2O2. The fraction of sp³-hybridized carbons (Fsp3) is 0.263. The van der Waals surface area contributed by atoms with Gasteiger partial charge < -0.3 is 5.11 Å². The van der Waals surface area contributed by atoms with E-state index in [-0.39, 0.29) is 36.9 Å². The molecule has 0 atom stereocenters. The molecule has 3 rings (SSSR count). The van der Waals surface area contributed by atoms with E-state index in [1.54, 1.807) is 0 Å². The highest BCUT2D eigenvalue weighted by atomic mass is 19.4. The topological polar surface area (TPSA) is 55.1 Å². The number of alkyl halides is 3. The third-order valence-electron chi connectivity index (χ3n) is 4.29. The number of carboxylic acid groups (broad SMARTS) is 1. The molecule has 9 heteroatoms. The van der Waals surface area contributed by atoms with Gasteiger partial charge in [0.1, 0.15) is 11.6 Å². The highest BCUT2D eigenvalue weighted by molar-refractivity contribution is 5.83. The Morgan fingerprint density at radius 2 is 1.86 bits per heavy atom. The van der Waals surface area contributed by atoms with E-state index >= 15 is 0 Å². The Labute approximate surface area is 156 Å². The van der Waals surface area contributed by atoms with Crippen LogP contribution in [0.2, 0.25) is 0 Å². The number of aliphatic carboxylic acids is 1. The average molecular weight is 398 g/mol. The number of carboxylic acids is 1. The molecular weight excluding hydrogens is 383 g/mol. The molecule has 0 unspecified atom stereocenters. The molecule has 0 bridgehead atoms. The molecule has 4 nitrogen and oxygen atoms in total. The maximum absolute atomic E-state index is 14.0. The number of carbonyl (C=O) groups is 1. The SMILES string of the molecule is O=C(O)CCCc1nn(Cc2ccc(F)cc2F)c2cc(C(F)(F)F)ccc12. The van der Waals surface area contributed by atoms with Gasteiger partial charge in [-0.15, -0.1) is 0 Å². The van der Waals surface area contributed by atoms with Crippen LogP contribution >= 0.6 is 0 Å². The summed E-state index contributed by atoms with van der Waals surface area (Å²) in [4.78, 5) is 10.7. The number of hydrogen-bond donors (Lipinski definition) is 1. The van der Waals surface area contributed by atoms with E-state index in [1.165, 1.54) is 16.8 Å². The smallest absolute Gasteiger partial charge is 0.416 e. The second kappa shape index (κ2) is 7.57. The monoisotopic (exact) mass is 398 g/mol. The van der Waals surface area contributed by atoms with Crippen LogP contribution < -0.4 is 0 Å². The summed E-state index contributed by atoms with van der Waals surface area (Å²) in [7, 11) is 0. The number of halogens is 5. The average Bonchev–Trinajstić information content (AvgIpc) is 2.93. The molecule has 0 aliphatic carbocycles. The van der Waals surface area contributed by atoms with Crippen LogP contribution in [0.25, 0.3) is 10.9 Å². The van der Waals surface area contributed by atoms with Crippen molar-refractivity contribution in [3.63, 3.8) is 0 Å². The van der Waals surface area contributed by atoms with Crippen molar-refractivity contribution < 1.29 is 31.9 Å². The lowest BCUT2D eigenvalue weighted by atomic mass is 10.1. The zero-order valence-corrected chi connectivity index (χ0v) is 14.4. The number of hydrogen-bond acceptors (Lipinski definition) is 2. The van der Waals surface area contributed by atoms with Gasteiger partial charge in [-0.1, -0.05) is 12.1 Å². The van der Waals surface area contributed by atoms with Gasteiger partial charge in [-0.25, -0.2) is 8.78 Å². The Hall–Kier alpha value is -2.97. The highest BCUT2D eigenvalue weighted by Gasteiger charge is 2.31. The Morgan fingerprint density at radius 3 is 2.50 bits per heavy atom. The van der Waals surface area contributed by atoms with Crippen molar-refractivity contribution in [1.29, 1.82) is 0 Å². The molecule has 28 heavy (non-hydrogen) atoms. The van der Waals surface area contributed by atoms with Crippen LogP contribution in [0.5, 0.6) is 0 Å². The molecule has 148 valence electrons. The van der Waals surface area contributed by atoms with Crippen molar-refractivity contribution >= 4 is 16.9 Å². The van der Waals surface area contributed by atoms with Gasteiger partial charge in [-0.05, 0) is 31.0 Å². The molecule has 0 fully saturated rings. The van der Waals surface area contributed by atoms with Gasteiger partial charge >= 0.3 is 12.1 Å². The summed E-state index contributed by atoms with van der Waals surface area (Å²) in [5.41, 5.74) is -0.241. The first kappa shape index (κ1) is 19.8. The lowest BCUT2D eigenvalue weighted by molar-refractivity contribution is -0.138. The Bertz CT molecular complexity index is 1030. The highest BCUT2D eigenvalue weighted by Crippen LogP contribution is 2.33. The summed E-state index contributed by atoms with van der Waals surface area (Å²) in [6.07, 6.45) is -4.17. The van der Waals surface area contributed by atoms with Crippen LogP contribution in [0, 0.1) is 11.6 Å². The van der Waals surface area contributed by atoms with E-state index in [0.717, 1.165) is 18.2 Å². The fourth-order valence-corrected chi connectivity index (χ4v) is 2.94. The number of rotatable bonds is 6. The first-order valence-electron chi connectivity index (χ1n) is 8.37. The standard InChI is InChI=1S/C19H15F5N2O2/c20-13-6-4-11(15(21)9-13)10-26-17-8-12(19(22,23)24)5-7-14(17)16(25-26)2-1-3-18(27)28/h4-9H,1-3,10H2,(H,27,28). The molecule has 0 saturated heterocycles. The minimum Gasteiger partial charge on any atom is -0.481 e. The molecule has 1 heterocycles. The van der Waals surface area contributed by atoms with Crippen LogP contribution in [-0.2, 0) is 23.9 Å². The zero-order chi connectivity index (χ0) is 20.5. The van der Waals surface area contributed by atoms with Crippen LogP contribution in [0.3, 0.4) is 0 Å². The van der Waals surface area contributed by atoms with E-state index in [2.05, 4.69) is 5.10 Å². The maximum Gasteiger partial charge on any atom is 0.416 e. The normalized spacial score (nSPS) is 11.9. The van der Waals surface area contributed by atoms with Gasteiger partial charge in [-0.2, -0.15) is 18.3 Å². The summed E-state index contributed by atoms with van der Waals surface area (Å²) >= 11 is 0.